The highest BCUT2D eigenvalue weighted by Gasteiger charge is 2.12. The molecule has 0 aromatic heterocycles. The second kappa shape index (κ2) is 9.20. The van der Waals surface area contributed by atoms with Crippen LogP contribution in [0.1, 0.15) is 16.7 Å². The van der Waals surface area contributed by atoms with Crippen molar-refractivity contribution in [3.8, 4) is 34.8 Å². The molecule has 2 aromatic carbocycles. The van der Waals surface area contributed by atoms with Crippen molar-refractivity contribution in [2.45, 2.75) is 0 Å². The molecule has 140 valence electrons. The van der Waals surface area contributed by atoms with E-state index in [9.17, 15) is 4.79 Å². The molecule has 6 heteroatoms. The van der Waals surface area contributed by atoms with Gasteiger partial charge in [0.05, 0.1) is 34.0 Å². The first-order valence-electron chi connectivity index (χ1n) is 8.00. The summed E-state index contributed by atoms with van der Waals surface area (Å²) in [5.74, 6) is 6.57. The van der Waals surface area contributed by atoms with E-state index in [2.05, 4.69) is 11.8 Å². The van der Waals surface area contributed by atoms with Crippen LogP contribution in [-0.4, -0.2) is 34.3 Å². The molecule has 2 aromatic rings. The molecule has 6 nitrogen and oxygen atoms in total. The lowest BCUT2D eigenvalue weighted by Crippen LogP contribution is -2.06. The zero-order valence-corrected chi connectivity index (χ0v) is 15.7. The first-order chi connectivity index (χ1) is 13.0. The molecule has 0 aliphatic heterocycles. The number of benzene rings is 2. The Hall–Kier alpha value is -3.59. The fourth-order valence-electron chi connectivity index (χ4n) is 2.45. The molecule has 0 atom stereocenters. The van der Waals surface area contributed by atoms with Crippen LogP contribution in [-0.2, 0) is 4.79 Å². The molecule has 0 fully saturated rings. The lowest BCUT2D eigenvalue weighted by atomic mass is 10.1. The number of primary amides is 1. The van der Waals surface area contributed by atoms with E-state index in [1.165, 1.54) is 7.11 Å². The highest BCUT2D eigenvalue weighted by Crippen LogP contribution is 2.38. The van der Waals surface area contributed by atoms with Crippen molar-refractivity contribution >= 4 is 18.1 Å². The highest BCUT2D eigenvalue weighted by atomic mass is 16.5. The van der Waals surface area contributed by atoms with Gasteiger partial charge in [0, 0.05) is 5.92 Å². The zero-order valence-electron chi connectivity index (χ0n) is 15.7. The molecule has 0 spiro atoms. The van der Waals surface area contributed by atoms with Crippen molar-refractivity contribution in [3.63, 3.8) is 0 Å². The lowest BCUT2D eigenvalue weighted by molar-refractivity contribution is -0.112. The Labute approximate surface area is 158 Å². The largest absolute Gasteiger partial charge is 0.495 e. The topological polar surface area (TPSA) is 80.0 Å². The molecular weight excluding hydrogens is 346 g/mol. The third-order valence-electron chi connectivity index (χ3n) is 3.70. The molecule has 0 saturated heterocycles. The predicted molar refractivity (Wildman–Crippen MR) is 104 cm³/mol. The second-order valence-electron chi connectivity index (χ2n) is 5.37. The summed E-state index contributed by atoms with van der Waals surface area (Å²) in [6.45, 7) is 0. The average molecular weight is 367 g/mol. The second-order valence-corrected chi connectivity index (χ2v) is 5.37. The number of ether oxygens (including phenoxy) is 4. The van der Waals surface area contributed by atoms with Gasteiger partial charge in [-0.1, -0.05) is 24.1 Å². The molecular formula is C21H21NO5. The molecule has 0 bridgehead atoms. The van der Waals surface area contributed by atoms with E-state index in [-0.39, 0.29) is 0 Å². The van der Waals surface area contributed by atoms with Gasteiger partial charge >= 0.3 is 0 Å². The van der Waals surface area contributed by atoms with Gasteiger partial charge < -0.3 is 24.7 Å². The Kier molecular flexibility index (Phi) is 6.73. The van der Waals surface area contributed by atoms with E-state index >= 15 is 0 Å². The number of rotatable bonds is 6. The summed E-state index contributed by atoms with van der Waals surface area (Å²) in [5.41, 5.74) is 7.39. The van der Waals surface area contributed by atoms with Gasteiger partial charge in [-0.05, 0) is 35.4 Å². The monoisotopic (exact) mass is 367 g/mol. The number of hydrogen-bond acceptors (Lipinski definition) is 5. The molecule has 0 heterocycles. The molecule has 0 aliphatic carbocycles. The first kappa shape index (κ1) is 19.7. The molecule has 0 unspecified atom stereocenters. The van der Waals surface area contributed by atoms with Gasteiger partial charge in [0.1, 0.15) is 5.75 Å². The number of hydrogen-bond donors (Lipinski definition) is 1. The number of carbonyl (C=O) groups is 1. The average Bonchev–Trinajstić information content (AvgIpc) is 2.69. The van der Waals surface area contributed by atoms with E-state index in [0.717, 1.165) is 11.1 Å². The minimum absolute atomic E-state index is 0.533. The lowest BCUT2D eigenvalue weighted by Gasteiger charge is -2.12. The van der Waals surface area contributed by atoms with Gasteiger partial charge in [-0.3, -0.25) is 4.79 Å². The summed E-state index contributed by atoms with van der Waals surface area (Å²) in [6, 6.07) is 9.15. The van der Waals surface area contributed by atoms with Crippen LogP contribution in [0.5, 0.6) is 23.0 Å². The summed E-state index contributed by atoms with van der Waals surface area (Å²) >= 11 is 0. The first-order valence-corrected chi connectivity index (χ1v) is 8.00. The van der Waals surface area contributed by atoms with Gasteiger partial charge in [-0.15, -0.1) is 0 Å². The summed E-state index contributed by atoms with van der Waals surface area (Å²) in [4.78, 5) is 10.9. The Morgan fingerprint density at radius 3 is 1.96 bits per heavy atom. The maximum absolute atomic E-state index is 10.9. The smallest absolute Gasteiger partial charge is 0.293 e. The Morgan fingerprint density at radius 1 is 0.852 bits per heavy atom. The minimum atomic E-state index is -0.699. The number of nitrogens with two attached hydrogens (primary N) is 1. The maximum atomic E-state index is 10.9. The molecule has 0 radical (unpaired) electrons. The fraction of sp³-hybridized carbons (Fsp3) is 0.190. The molecule has 0 saturated carbocycles. The standard InChI is InChI=1S/C21H21NO5/c1-24-17-9-7-14(11-16(17)8-10-20(22)23)5-6-15-12-18(25-2)21(27-4)19(13-15)26-3/h5-7,9,11-13H,1-4H3,(H2,22,23). The van der Waals surface area contributed by atoms with Crippen molar-refractivity contribution < 1.29 is 23.7 Å². The summed E-state index contributed by atoms with van der Waals surface area (Å²) in [7, 11) is 6.23. The number of amides is 1. The van der Waals surface area contributed by atoms with Crippen LogP contribution >= 0.6 is 0 Å². The quantitative estimate of drug-likeness (QED) is 0.627. The van der Waals surface area contributed by atoms with Crippen LogP contribution in [0.15, 0.2) is 30.3 Å². The fourth-order valence-corrected chi connectivity index (χ4v) is 2.45. The number of methoxy groups -OCH3 is 4. The third-order valence-corrected chi connectivity index (χ3v) is 3.70. The summed E-state index contributed by atoms with van der Waals surface area (Å²) < 4.78 is 21.3. The van der Waals surface area contributed by atoms with Gasteiger partial charge in [-0.25, -0.2) is 0 Å². The molecule has 0 aliphatic rings. The van der Waals surface area contributed by atoms with Crippen molar-refractivity contribution in [2.75, 3.05) is 28.4 Å². The van der Waals surface area contributed by atoms with Crippen molar-refractivity contribution in [2.24, 2.45) is 5.73 Å². The Balaban J connectivity index is 2.39. The predicted octanol–water partition coefficient (Wildman–Crippen LogP) is 2.73. The Morgan fingerprint density at radius 2 is 1.44 bits per heavy atom. The SMILES string of the molecule is COc1ccc(C=Cc2cc(OC)c(OC)c(OC)c2)cc1C#CC(N)=O. The zero-order chi connectivity index (χ0) is 19.8. The normalized spacial score (nSPS) is 10.1. The van der Waals surface area contributed by atoms with Crippen molar-refractivity contribution in [3.05, 3.63) is 47.0 Å². The van der Waals surface area contributed by atoms with E-state index < -0.39 is 5.91 Å². The van der Waals surface area contributed by atoms with E-state index in [0.29, 0.717) is 28.6 Å². The Bertz CT molecular complexity index is 897. The van der Waals surface area contributed by atoms with Gasteiger partial charge in [0.25, 0.3) is 5.91 Å². The van der Waals surface area contributed by atoms with E-state index in [1.807, 2.05) is 36.4 Å². The van der Waals surface area contributed by atoms with Crippen molar-refractivity contribution in [1.82, 2.24) is 0 Å². The molecule has 2 N–H and O–H groups in total. The molecule has 27 heavy (non-hydrogen) atoms. The third kappa shape index (κ3) is 4.95. The van der Waals surface area contributed by atoms with Crippen LogP contribution in [0.3, 0.4) is 0 Å². The van der Waals surface area contributed by atoms with Crippen LogP contribution in [0.2, 0.25) is 0 Å². The van der Waals surface area contributed by atoms with Crippen LogP contribution < -0.4 is 24.7 Å². The van der Waals surface area contributed by atoms with E-state index in [4.69, 9.17) is 24.7 Å². The molecule has 2 rings (SSSR count). The highest BCUT2D eigenvalue weighted by molar-refractivity contribution is 5.92. The van der Waals surface area contributed by atoms with Gasteiger partial charge in [0.2, 0.25) is 5.75 Å². The summed E-state index contributed by atoms with van der Waals surface area (Å²) in [6.07, 6.45) is 3.80. The van der Waals surface area contributed by atoms with Crippen molar-refractivity contribution in [1.29, 1.82) is 0 Å². The maximum Gasteiger partial charge on any atom is 0.293 e. The minimum Gasteiger partial charge on any atom is -0.495 e. The van der Waals surface area contributed by atoms with Crippen LogP contribution in [0.25, 0.3) is 12.2 Å². The van der Waals surface area contributed by atoms with Crippen LogP contribution in [0, 0.1) is 11.8 Å². The molecule has 1 amide bonds. The van der Waals surface area contributed by atoms with Crippen LogP contribution in [0.4, 0.5) is 0 Å². The summed E-state index contributed by atoms with van der Waals surface area (Å²) in [5, 5.41) is 0. The van der Waals surface area contributed by atoms with Gasteiger partial charge in [-0.2, -0.15) is 0 Å². The van der Waals surface area contributed by atoms with Gasteiger partial charge in [0.15, 0.2) is 11.5 Å². The number of carbonyl (C=O) groups excluding carboxylic acids is 1. The van der Waals surface area contributed by atoms with E-state index in [1.54, 1.807) is 27.4 Å².